The summed E-state index contributed by atoms with van der Waals surface area (Å²) in [5, 5.41) is 8.50. The van der Waals surface area contributed by atoms with Gasteiger partial charge in [-0.05, 0) is 42.8 Å². The predicted octanol–water partition coefficient (Wildman–Crippen LogP) is 4.70. The molecule has 0 saturated carbocycles. The van der Waals surface area contributed by atoms with Crippen molar-refractivity contribution >= 4 is 17.3 Å². The van der Waals surface area contributed by atoms with Crippen molar-refractivity contribution in [3.8, 4) is 5.69 Å². The average molecular weight is 298 g/mol. The van der Waals surface area contributed by atoms with Crippen molar-refractivity contribution in [3.05, 3.63) is 77.6 Å². The van der Waals surface area contributed by atoms with Crippen LogP contribution in [0.3, 0.4) is 0 Å². The van der Waals surface area contributed by atoms with Gasteiger partial charge in [-0.15, -0.1) is 0 Å². The molecule has 106 valence electrons. The lowest BCUT2D eigenvalue weighted by Crippen LogP contribution is -2.07. The van der Waals surface area contributed by atoms with Crippen LogP contribution >= 0.6 is 11.6 Å². The fourth-order valence-electron chi connectivity index (χ4n) is 2.31. The first kappa shape index (κ1) is 13.7. The quantitative estimate of drug-likeness (QED) is 0.756. The molecule has 0 aliphatic rings. The van der Waals surface area contributed by atoms with E-state index < -0.39 is 0 Å². The van der Waals surface area contributed by atoms with Gasteiger partial charge in [0.15, 0.2) is 0 Å². The Morgan fingerprint density at radius 1 is 1.10 bits per heavy atom. The predicted molar refractivity (Wildman–Crippen MR) is 87.1 cm³/mol. The molecule has 1 heterocycles. The Kier molecular flexibility index (Phi) is 3.93. The smallest absolute Gasteiger partial charge is 0.0666 e. The molecule has 0 aliphatic carbocycles. The Labute approximate surface area is 129 Å². The summed E-state index contributed by atoms with van der Waals surface area (Å²) in [6.07, 6.45) is 3.70. The van der Waals surface area contributed by atoms with Crippen molar-refractivity contribution in [2.24, 2.45) is 0 Å². The minimum atomic E-state index is 0.131. The molecule has 0 bridgehead atoms. The highest BCUT2D eigenvalue weighted by molar-refractivity contribution is 6.31. The second-order valence-corrected chi connectivity index (χ2v) is 5.30. The van der Waals surface area contributed by atoms with Crippen LogP contribution in [-0.2, 0) is 0 Å². The lowest BCUT2D eigenvalue weighted by molar-refractivity contribution is 0.870. The second-order valence-electron chi connectivity index (χ2n) is 4.89. The molecule has 0 aliphatic heterocycles. The van der Waals surface area contributed by atoms with E-state index in [0.717, 1.165) is 22.0 Å². The molecule has 3 aromatic rings. The van der Waals surface area contributed by atoms with Crippen LogP contribution in [0, 0.1) is 0 Å². The van der Waals surface area contributed by atoms with Gasteiger partial charge >= 0.3 is 0 Å². The maximum atomic E-state index is 6.24. The number of nitrogens with zero attached hydrogens (tertiary/aromatic N) is 2. The Bertz CT molecular complexity index is 722. The number of halogens is 1. The van der Waals surface area contributed by atoms with Crippen molar-refractivity contribution < 1.29 is 0 Å². The molecule has 3 rings (SSSR count). The van der Waals surface area contributed by atoms with E-state index in [1.165, 1.54) is 0 Å². The van der Waals surface area contributed by atoms with E-state index in [4.69, 9.17) is 11.6 Å². The van der Waals surface area contributed by atoms with Crippen LogP contribution in [0.25, 0.3) is 5.69 Å². The van der Waals surface area contributed by atoms with Gasteiger partial charge in [0.05, 0.1) is 5.69 Å². The van der Waals surface area contributed by atoms with E-state index >= 15 is 0 Å². The summed E-state index contributed by atoms with van der Waals surface area (Å²) in [5.74, 6) is 0. The largest absolute Gasteiger partial charge is 0.378 e. The third-order valence-corrected chi connectivity index (χ3v) is 3.71. The maximum Gasteiger partial charge on any atom is 0.0666 e. The summed E-state index contributed by atoms with van der Waals surface area (Å²) in [4.78, 5) is 0. The molecule has 1 unspecified atom stereocenters. The lowest BCUT2D eigenvalue weighted by atomic mass is 10.1. The topological polar surface area (TPSA) is 29.9 Å². The molecule has 4 heteroatoms. The molecule has 1 atom stereocenters. The molecule has 0 fully saturated rings. The van der Waals surface area contributed by atoms with Crippen LogP contribution in [0.2, 0.25) is 5.02 Å². The minimum Gasteiger partial charge on any atom is -0.378 e. The van der Waals surface area contributed by atoms with Gasteiger partial charge in [-0.2, -0.15) is 5.10 Å². The first-order valence-corrected chi connectivity index (χ1v) is 7.23. The summed E-state index contributed by atoms with van der Waals surface area (Å²) in [7, 11) is 0. The van der Waals surface area contributed by atoms with Gasteiger partial charge in [0.25, 0.3) is 0 Å². The normalized spacial score (nSPS) is 12.1. The van der Waals surface area contributed by atoms with Gasteiger partial charge in [0, 0.05) is 29.1 Å². The minimum absolute atomic E-state index is 0.131. The van der Waals surface area contributed by atoms with E-state index in [1.54, 1.807) is 6.20 Å². The zero-order valence-electron chi connectivity index (χ0n) is 11.7. The van der Waals surface area contributed by atoms with Gasteiger partial charge in [0.2, 0.25) is 0 Å². The van der Waals surface area contributed by atoms with Crippen LogP contribution in [0.4, 0.5) is 5.69 Å². The maximum absolute atomic E-state index is 6.24. The Balaban J connectivity index is 1.82. The number of hydrogen-bond donors (Lipinski definition) is 1. The number of anilines is 1. The molecular formula is C17H16ClN3. The summed E-state index contributed by atoms with van der Waals surface area (Å²) >= 11 is 6.24. The molecule has 1 N–H and O–H groups in total. The number of benzene rings is 2. The number of hydrogen-bond acceptors (Lipinski definition) is 2. The zero-order valence-corrected chi connectivity index (χ0v) is 12.5. The summed E-state index contributed by atoms with van der Waals surface area (Å²) < 4.78 is 1.84. The highest BCUT2D eigenvalue weighted by Gasteiger charge is 2.09. The third-order valence-electron chi connectivity index (χ3n) is 3.37. The van der Waals surface area contributed by atoms with E-state index in [9.17, 15) is 0 Å². The Morgan fingerprint density at radius 3 is 2.71 bits per heavy atom. The molecular weight excluding hydrogens is 282 g/mol. The first-order chi connectivity index (χ1) is 10.2. The molecule has 0 spiro atoms. The highest BCUT2D eigenvalue weighted by atomic mass is 35.5. The van der Waals surface area contributed by atoms with Crippen LogP contribution in [0.5, 0.6) is 0 Å². The Morgan fingerprint density at radius 2 is 1.95 bits per heavy atom. The van der Waals surface area contributed by atoms with Crippen LogP contribution in [-0.4, -0.2) is 9.78 Å². The second kappa shape index (κ2) is 6.02. The van der Waals surface area contributed by atoms with Gasteiger partial charge in [-0.25, -0.2) is 4.68 Å². The Hall–Kier alpha value is -2.26. The number of aromatic nitrogens is 2. The van der Waals surface area contributed by atoms with Gasteiger partial charge < -0.3 is 5.32 Å². The standard InChI is InChI=1S/C17H16ClN3/c1-13(16-8-2-3-9-17(16)18)20-14-6-4-7-15(12-14)21-11-5-10-19-21/h2-13,20H,1H3. The van der Waals surface area contributed by atoms with E-state index in [-0.39, 0.29) is 6.04 Å². The fourth-order valence-corrected chi connectivity index (χ4v) is 2.61. The van der Waals surface area contributed by atoms with Gasteiger partial charge in [0.1, 0.15) is 0 Å². The van der Waals surface area contributed by atoms with E-state index in [1.807, 2.05) is 59.4 Å². The average Bonchev–Trinajstić information content (AvgIpc) is 3.02. The van der Waals surface area contributed by atoms with Crippen molar-refractivity contribution in [3.63, 3.8) is 0 Å². The molecule has 21 heavy (non-hydrogen) atoms. The highest BCUT2D eigenvalue weighted by Crippen LogP contribution is 2.26. The van der Waals surface area contributed by atoms with Gasteiger partial charge in [-0.1, -0.05) is 35.9 Å². The van der Waals surface area contributed by atoms with Crippen molar-refractivity contribution in [1.29, 1.82) is 0 Å². The van der Waals surface area contributed by atoms with E-state index in [0.29, 0.717) is 0 Å². The third kappa shape index (κ3) is 3.09. The fraction of sp³-hybridized carbons (Fsp3) is 0.118. The molecule has 3 nitrogen and oxygen atoms in total. The van der Waals surface area contributed by atoms with Crippen LogP contribution < -0.4 is 5.32 Å². The van der Waals surface area contributed by atoms with Crippen molar-refractivity contribution in [2.75, 3.05) is 5.32 Å². The van der Waals surface area contributed by atoms with Crippen LogP contribution in [0.1, 0.15) is 18.5 Å². The first-order valence-electron chi connectivity index (χ1n) is 6.85. The molecule has 0 saturated heterocycles. The molecule has 0 radical (unpaired) electrons. The summed E-state index contributed by atoms with van der Waals surface area (Å²) in [5.41, 5.74) is 3.15. The zero-order chi connectivity index (χ0) is 14.7. The van der Waals surface area contributed by atoms with Crippen molar-refractivity contribution in [1.82, 2.24) is 9.78 Å². The summed E-state index contributed by atoms with van der Waals surface area (Å²) in [6.45, 7) is 2.10. The molecule has 0 amide bonds. The lowest BCUT2D eigenvalue weighted by Gasteiger charge is -2.17. The molecule has 1 aromatic heterocycles. The van der Waals surface area contributed by atoms with Crippen LogP contribution in [0.15, 0.2) is 67.0 Å². The van der Waals surface area contributed by atoms with Gasteiger partial charge in [-0.3, -0.25) is 0 Å². The number of nitrogens with one attached hydrogen (secondary N) is 1. The molecule has 2 aromatic carbocycles. The SMILES string of the molecule is CC(Nc1cccc(-n2cccn2)c1)c1ccccc1Cl. The van der Waals surface area contributed by atoms with Crippen molar-refractivity contribution in [2.45, 2.75) is 13.0 Å². The monoisotopic (exact) mass is 297 g/mol. The summed E-state index contributed by atoms with van der Waals surface area (Å²) in [6, 6.07) is 18.1. The number of rotatable bonds is 4. The van der Waals surface area contributed by atoms with E-state index in [2.05, 4.69) is 23.4 Å².